The van der Waals surface area contributed by atoms with Crippen LogP contribution in [-0.4, -0.2) is 54.4 Å². The average Bonchev–Trinajstić information content (AvgIpc) is 3.16. The van der Waals surface area contributed by atoms with Crippen LogP contribution in [0, 0.1) is 5.92 Å². The van der Waals surface area contributed by atoms with Gasteiger partial charge in [0.05, 0.1) is 6.61 Å². The Hall–Kier alpha value is -1.21. The van der Waals surface area contributed by atoms with Crippen molar-refractivity contribution in [2.75, 3.05) is 32.6 Å². The minimum Gasteiger partial charge on any atom is -0.383 e. The Balaban J connectivity index is 2.09. The fraction of sp³-hybridized carbons (Fsp3) is 0.750. The van der Waals surface area contributed by atoms with E-state index in [1.807, 2.05) is 4.90 Å². The van der Waals surface area contributed by atoms with Crippen LogP contribution in [0.2, 0.25) is 0 Å². The molecule has 1 aromatic rings. The third kappa shape index (κ3) is 3.42. The van der Waals surface area contributed by atoms with Crippen LogP contribution in [0.25, 0.3) is 0 Å². The second kappa shape index (κ2) is 6.29. The minimum absolute atomic E-state index is 0.0459. The van der Waals surface area contributed by atoms with Gasteiger partial charge >= 0.3 is 0 Å². The number of hydrogen-bond acceptors (Lipinski definition) is 6. The van der Waals surface area contributed by atoms with Gasteiger partial charge in [0, 0.05) is 26.7 Å². The first-order valence-electron chi connectivity index (χ1n) is 6.48. The summed E-state index contributed by atoms with van der Waals surface area (Å²) in [6, 6.07) is 0.240. The van der Waals surface area contributed by atoms with E-state index in [0.717, 1.165) is 0 Å². The van der Waals surface area contributed by atoms with Crippen molar-refractivity contribution in [2.45, 2.75) is 25.8 Å². The lowest BCUT2D eigenvalue weighted by Gasteiger charge is -2.28. The maximum atomic E-state index is 12.5. The highest BCUT2D eigenvalue weighted by Gasteiger charge is 2.35. The van der Waals surface area contributed by atoms with Crippen molar-refractivity contribution >= 4 is 22.4 Å². The molecule has 0 radical (unpaired) electrons. The van der Waals surface area contributed by atoms with Crippen molar-refractivity contribution in [3.8, 4) is 0 Å². The van der Waals surface area contributed by atoms with E-state index in [1.54, 1.807) is 14.2 Å². The van der Waals surface area contributed by atoms with E-state index in [9.17, 15) is 4.79 Å². The van der Waals surface area contributed by atoms with Gasteiger partial charge in [0.2, 0.25) is 10.1 Å². The number of amides is 1. The summed E-state index contributed by atoms with van der Waals surface area (Å²) in [5, 5.41) is 11.9. The summed E-state index contributed by atoms with van der Waals surface area (Å²) < 4.78 is 5.10. The Bertz CT molecular complexity index is 433. The normalized spacial score (nSPS) is 16.2. The Kier molecular flexibility index (Phi) is 4.71. The van der Waals surface area contributed by atoms with Gasteiger partial charge in [-0.2, -0.15) is 0 Å². The number of nitrogens with zero attached hydrogens (tertiary/aromatic N) is 3. The van der Waals surface area contributed by atoms with Crippen molar-refractivity contribution < 1.29 is 9.53 Å². The van der Waals surface area contributed by atoms with Crippen LogP contribution in [0.3, 0.4) is 0 Å². The summed E-state index contributed by atoms with van der Waals surface area (Å²) in [5.74, 6) is 0.577. The van der Waals surface area contributed by atoms with Crippen LogP contribution in [0.1, 0.15) is 29.6 Å². The van der Waals surface area contributed by atoms with Gasteiger partial charge in [-0.3, -0.25) is 4.79 Å². The zero-order valence-electron chi connectivity index (χ0n) is 11.5. The number of carbonyl (C=O) groups excluding carboxylic acids is 1. The Labute approximate surface area is 117 Å². The van der Waals surface area contributed by atoms with Crippen LogP contribution < -0.4 is 5.32 Å². The summed E-state index contributed by atoms with van der Waals surface area (Å²) in [6.45, 7) is 3.24. The SMILES string of the molecule is CNc1nnc(C(=O)N(CCOC)C(C)C2CC2)s1. The first-order valence-corrected chi connectivity index (χ1v) is 7.30. The monoisotopic (exact) mass is 284 g/mol. The predicted molar refractivity (Wildman–Crippen MR) is 74.6 cm³/mol. The number of rotatable bonds is 7. The highest BCUT2D eigenvalue weighted by molar-refractivity contribution is 7.17. The molecular weight excluding hydrogens is 264 g/mol. The summed E-state index contributed by atoms with van der Waals surface area (Å²) in [4.78, 5) is 14.4. The molecule has 1 N–H and O–H groups in total. The maximum Gasteiger partial charge on any atom is 0.285 e. The van der Waals surface area contributed by atoms with E-state index in [1.165, 1.54) is 24.2 Å². The first-order chi connectivity index (χ1) is 9.17. The molecule has 1 aromatic heterocycles. The van der Waals surface area contributed by atoms with E-state index in [4.69, 9.17) is 4.74 Å². The number of ether oxygens (including phenoxy) is 1. The molecule has 2 rings (SSSR count). The molecular formula is C12H20N4O2S. The molecule has 19 heavy (non-hydrogen) atoms. The molecule has 0 aromatic carbocycles. The summed E-state index contributed by atoms with van der Waals surface area (Å²) in [6.07, 6.45) is 2.41. The van der Waals surface area contributed by atoms with Crippen LogP contribution >= 0.6 is 11.3 Å². The smallest absolute Gasteiger partial charge is 0.285 e. The molecule has 106 valence electrons. The molecule has 1 aliphatic carbocycles. The fourth-order valence-corrected chi connectivity index (χ4v) is 2.70. The van der Waals surface area contributed by atoms with Gasteiger partial charge < -0.3 is 15.0 Å². The second-order valence-electron chi connectivity index (χ2n) is 4.73. The van der Waals surface area contributed by atoms with Crippen LogP contribution in [0.5, 0.6) is 0 Å². The third-order valence-electron chi connectivity index (χ3n) is 3.41. The van der Waals surface area contributed by atoms with Crippen molar-refractivity contribution in [1.82, 2.24) is 15.1 Å². The van der Waals surface area contributed by atoms with Crippen molar-refractivity contribution in [2.24, 2.45) is 5.92 Å². The molecule has 1 aliphatic rings. The molecule has 6 nitrogen and oxygen atoms in total. The van der Waals surface area contributed by atoms with Crippen LogP contribution in [0.15, 0.2) is 0 Å². The fourth-order valence-electron chi connectivity index (χ4n) is 2.05. The van der Waals surface area contributed by atoms with E-state index in [0.29, 0.717) is 29.2 Å². The number of hydrogen-bond donors (Lipinski definition) is 1. The number of methoxy groups -OCH3 is 1. The lowest BCUT2D eigenvalue weighted by molar-refractivity contribution is 0.0593. The molecule has 0 aliphatic heterocycles. The molecule has 0 bridgehead atoms. The second-order valence-corrected chi connectivity index (χ2v) is 5.71. The highest BCUT2D eigenvalue weighted by atomic mass is 32.1. The first kappa shape index (κ1) is 14.2. The van der Waals surface area contributed by atoms with Gasteiger partial charge in [0.15, 0.2) is 0 Å². The summed E-state index contributed by atoms with van der Waals surface area (Å²) in [7, 11) is 3.42. The topological polar surface area (TPSA) is 67.4 Å². The van der Waals surface area contributed by atoms with Gasteiger partial charge in [-0.15, -0.1) is 10.2 Å². The Morgan fingerprint density at radius 1 is 1.58 bits per heavy atom. The number of aromatic nitrogens is 2. The number of nitrogens with one attached hydrogen (secondary N) is 1. The lowest BCUT2D eigenvalue weighted by atomic mass is 10.2. The van der Waals surface area contributed by atoms with E-state index in [-0.39, 0.29) is 11.9 Å². The molecule has 1 unspecified atom stereocenters. The molecule has 1 amide bonds. The highest BCUT2D eigenvalue weighted by Crippen LogP contribution is 2.35. The van der Waals surface area contributed by atoms with Gasteiger partial charge in [0.1, 0.15) is 0 Å². The predicted octanol–water partition coefficient (Wildman–Crippen LogP) is 1.47. The van der Waals surface area contributed by atoms with E-state index >= 15 is 0 Å². The van der Waals surface area contributed by atoms with Crippen LogP contribution in [0.4, 0.5) is 5.13 Å². The van der Waals surface area contributed by atoms with E-state index in [2.05, 4.69) is 22.4 Å². The largest absolute Gasteiger partial charge is 0.383 e. The Morgan fingerprint density at radius 2 is 2.32 bits per heavy atom. The van der Waals surface area contributed by atoms with Crippen molar-refractivity contribution in [1.29, 1.82) is 0 Å². The summed E-state index contributed by atoms with van der Waals surface area (Å²) in [5.41, 5.74) is 0. The van der Waals surface area contributed by atoms with Crippen LogP contribution in [-0.2, 0) is 4.74 Å². The molecule has 0 saturated heterocycles. The number of carbonyl (C=O) groups is 1. The average molecular weight is 284 g/mol. The molecule has 1 saturated carbocycles. The zero-order chi connectivity index (χ0) is 13.8. The van der Waals surface area contributed by atoms with Crippen molar-refractivity contribution in [3.63, 3.8) is 0 Å². The zero-order valence-corrected chi connectivity index (χ0v) is 12.4. The Morgan fingerprint density at radius 3 is 2.84 bits per heavy atom. The molecule has 1 fully saturated rings. The van der Waals surface area contributed by atoms with Gasteiger partial charge in [-0.1, -0.05) is 11.3 Å². The van der Waals surface area contributed by atoms with Gasteiger partial charge in [-0.05, 0) is 25.7 Å². The number of anilines is 1. The lowest BCUT2D eigenvalue weighted by Crippen LogP contribution is -2.42. The summed E-state index contributed by atoms with van der Waals surface area (Å²) >= 11 is 1.29. The van der Waals surface area contributed by atoms with Gasteiger partial charge in [0.25, 0.3) is 5.91 Å². The quantitative estimate of drug-likeness (QED) is 0.821. The molecule has 1 heterocycles. The molecule has 1 atom stereocenters. The maximum absolute atomic E-state index is 12.5. The van der Waals surface area contributed by atoms with Gasteiger partial charge in [-0.25, -0.2) is 0 Å². The standard InChI is InChI=1S/C12H20N4O2S/c1-8(9-4-5-9)16(6-7-18-3)11(17)10-14-15-12(13-2)19-10/h8-9H,4-7H2,1-3H3,(H,13,15). The van der Waals surface area contributed by atoms with E-state index < -0.39 is 0 Å². The third-order valence-corrected chi connectivity index (χ3v) is 4.34. The molecule has 0 spiro atoms. The van der Waals surface area contributed by atoms with Crippen molar-refractivity contribution in [3.05, 3.63) is 5.01 Å². The minimum atomic E-state index is -0.0459. The molecule has 7 heteroatoms.